The van der Waals surface area contributed by atoms with E-state index in [9.17, 15) is 23.8 Å². The van der Waals surface area contributed by atoms with Crippen molar-refractivity contribution < 1.29 is 47.5 Å². The van der Waals surface area contributed by atoms with Gasteiger partial charge in [-0.25, -0.2) is 4.57 Å². The molecule has 0 aromatic rings. The first-order chi connectivity index (χ1) is 27.1. The normalized spacial score (nSPS) is 13.6. The molecule has 0 aromatic heterocycles. The molecule has 0 aromatic carbocycles. The third kappa shape index (κ3) is 39.3. The van der Waals surface area contributed by atoms with Crippen LogP contribution in [-0.4, -0.2) is 59.9 Å². The van der Waals surface area contributed by atoms with Crippen molar-refractivity contribution in [3.05, 3.63) is 0 Å². The molecule has 0 spiro atoms. The van der Waals surface area contributed by atoms with Crippen molar-refractivity contribution >= 4 is 25.7 Å². The highest BCUT2D eigenvalue weighted by atomic mass is 31.2. The minimum absolute atomic E-state index is 0.169. The number of hydrogen-bond donors (Lipinski definition) is 3. The summed E-state index contributed by atoms with van der Waals surface area (Å²) < 4.78 is 32.7. The Bertz CT molecular complexity index is 968. The predicted octanol–water partition coefficient (Wildman–Crippen LogP) is 12.3. The minimum Gasteiger partial charge on any atom is -0.480 e. The standard InChI is InChI=1S/C44H86NO10P/c1-3-5-7-9-11-13-15-17-18-19-20-21-22-24-25-27-29-31-33-35-42(46)52-37-40(38-53-56(50,51)54-39-41(45)44(48)49)55-43(47)36-34-32-30-28-26-23-16-14-12-10-8-6-4-2/h40-41H,3-39,45H2,1-2H3,(H,48,49)(H,50,51)/t40-,41+/m0/s1. The van der Waals surface area contributed by atoms with Crippen LogP contribution >= 0.6 is 7.82 Å². The Labute approximate surface area is 342 Å². The molecule has 0 radical (unpaired) electrons. The second-order valence-corrected chi connectivity index (χ2v) is 17.4. The van der Waals surface area contributed by atoms with E-state index >= 15 is 0 Å². The lowest BCUT2D eigenvalue weighted by Crippen LogP contribution is -2.34. The first-order valence-electron chi connectivity index (χ1n) is 23.1. The largest absolute Gasteiger partial charge is 0.480 e. The van der Waals surface area contributed by atoms with Crippen LogP contribution in [0.3, 0.4) is 0 Å². The molecular weight excluding hydrogens is 733 g/mol. The van der Waals surface area contributed by atoms with Gasteiger partial charge in [0, 0.05) is 12.8 Å². The molecule has 0 aliphatic carbocycles. The van der Waals surface area contributed by atoms with Crippen LogP contribution in [0.25, 0.3) is 0 Å². The average molecular weight is 820 g/mol. The third-order valence-electron chi connectivity index (χ3n) is 10.4. The molecule has 0 bridgehead atoms. The van der Waals surface area contributed by atoms with Crippen LogP contribution < -0.4 is 5.73 Å². The highest BCUT2D eigenvalue weighted by Gasteiger charge is 2.28. The second-order valence-electron chi connectivity index (χ2n) is 15.9. The zero-order valence-corrected chi connectivity index (χ0v) is 36.9. The van der Waals surface area contributed by atoms with Gasteiger partial charge in [0.2, 0.25) is 0 Å². The number of esters is 2. The molecule has 12 heteroatoms. The van der Waals surface area contributed by atoms with Gasteiger partial charge >= 0.3 is 25.7 Å². The monoisotopic (exact) mass is 820 g/mol. The Morgan fingerprint density at radius 2 is 0.786 bits per heavy atom. The number of carbonyl (C=O) groups is 3. The van der Waals surface area contributed by atoms with Crippen molar-refractivity contribution in [1.29, 1.82) is 0 Å². The van der Waals surface area contributed by atoms with Crippen LogP contribution in [0.5, 0.6) is 0 Å². The smallest absolute Gasteiger partial charge is 0.472 e. The first kappa shape index (κ1) is 54.5. The van der Waals surface area contributed by atoms with E-state index in [-0.39, 0.29) is 19.4 Å². The summed E-state index contributed by atoms with van der Waals surface area (Å²) in [5, 5.41) is 8.89. The van der Waals surface area contributed by atoms with Gasteiger partial charge in [-0.2, -0.15) is 0 Å². The van der Waals surface area contributed by atoms with Gasteiger partial charge in [0.25, 0.3) is 0 Å². The van der Waals surface area contributed by atoms with E-state index in [4.69, 9.17) is 24.8 Å². The topological polar surface area (TPSA) is 172 Å². The maximum atomic E-state index is 12.6. The lowest BCUT2D eigenvalue weighted by atomic mass is 10.0. The summed E-state index contributed by atoms with van der Waals surface area (Å²) in [7, 11) is -4.71. The zero-order chi connectivity index (χ0) is 41.4. The lowest BCUT2D eigenvalue weighted by molar-refractivity contribution is -0.161. The number of hydrogen-bond acceptors (Lipinski definition) is 9. The van der Waals surface area contributed by atoms with E-state index in [1.807, 2.05) is 0 Å². The van der Waals surface area contributed by atoms with Crippen LogP contribution in [-0.2, 0) is 37.5 Å². The summed E-state index contributed by atoms with van der Waals surface area (Å²) in [4.78, 5) is 46.0. The Morgan fingerprint density at radius 3 is 1.12 bits per heavy atom. The van der Waals surface area contributed by atoms with E-state index in [0.29, 0.717) is 12.8 Å². The summed E-state index contributed by atoms with van der Waals surface area (Å²) >= 11 is 0. The van der Waals surface area contributed by atoms with Crippen molar-refractivity contribution in [3.8, 4) is 0 Å². The van der Waals surface area contributed by atoms with Gasteiger partial charge in [-0.15, -0.1) is 0 Å². The van der Waals surface area contributed by atoms with Crippen LogP contribution in [0.15, 0.2) is 0 Å². The number of phosphoric acid groups is 1. The molecule has 4 N–H and O–H groups in total. The number of nitrogens with two attached hydrogens (primary N) is 1. The Morgan fingerprint density at radius 1 is 0.482 bits per heavy atom. The van der Waals surface area contributed by atoms with Crippen molar-refractivity contribution in [2.45, 2.75) is 244 Å². The van der Waals surface area contributed by atoms with Gasteiger partial charge in [-0.1, -0.05) is 206 Å². The van der Waals surface area contributed by atoms with Crippen molar-refractivity contribution in [2.75, 3.05) is 19.8 Å². The zero-order valence-electron chi connectivity index (χ0n) is 36.0. The molecule has 332 valence electrons. The van der Waals surface area contributed by atoms with Crippen LogP contribution in [0, 0.1) is 0 Å². The molecule has 0 heterocycles. The Balaban J connectivity index is 4.24. The number of unbranched alkanes of at least 4 members (excludes halogenated alkanes) is 30. The summed E-state index contributed by atoms with van der Waals surface area (Å²) in [6.45, 7) is 2.84. The molecule has 0 amide bonds. The molecule has 0 fully saturated rings. The van der Waals surface area contributed by atoms with Crippen LogP contribution in [0.1, 0.15) is 232 Å². The maximum Gasteiger partial charge on any atom is 0.472 e. The van der Waals surface area contributed by atoms with Crippen molar-refractivity contribution in [3.63, 3.8) is 0 Å². The number of ether oxygens (including phenoxy) is 2. The lowest BCUT2D eigenvalue weighted by Gasteiger charge is -2.20. The quantitative estimate of drug-likeness (QED) is 0.0303. The number of aliphatic carboxylic acids is 1. The Kier molecular flexibility index (Phi) is 39.2. The highest BCUT2D eigenvalue weighted by Crippen LogP contribution is 2.43. The number of carboxylic acids is 1. The Hall–Kier alpha value is -1.52. The summed E-state index contributed by atoms with van der Waals surface area (Å²) in [5.74, 6) is -2.36. The molecule has 11 nitrogen and oxygen atoms in total. The van der Waals surface area contributed by atoms with Gasteiger partial charge in [-0.3, -0.25) is 23.4 Å². The molecule has 0 aliphatic heterocycles. The van der Waals surface area contributed by atoms with E-state index in [1.54, 1.807) is 0 Å². The van der Waals surface area contributed by atoms with E-state index in [2.05, 4.69) is 18.4 Å². The molecular formula is C44H86NO10P. The third-order valence-corrected chi connectivity index (χ3v) is 11.3. The molecule has 56 heavy (non-hydrogen) atoms. The molecule has 0 saturated carbocycles. The molecule has 3 atom stereocenters. The van der Waals surface area contributed by atoms with Gasteiger partial charge in [0.1, 0.15) is 12.6 Å². The van der Waals surface area contributed by atoms with Gasteiger partial charge in [0.05, 0.1) is 13.2 Å². The fourth-order valence-corrected chi connectivity index (χ4v) is 7.49. The van der Waals surface area contributed by atoms with E-state index in [1.165, 1.54) is 154 Å². The van der Waals surface area contributed by atoms with E-state index < -0.39 is 51.1 Å². The predicted molar refractivity (Wildman–Crippen MR) is 227 cm³/mol. The maximum absolute atomic E-state index is 12.6. The van der Waals surface area contributed by atoms with Crippen LogP contribution in [0.4, 0.5) is 0 Å². The molecule has 1 unspecified atom stereocenters. The number of rotatable bonds is 44. The van der Waals surface area contributed by atoms with Gasteiger partial charge < -0.3 is 25.2 Å². The average Bonchev–Trinajstić information content (AvgIpc) is 3.17. The summed E-state index contributed by atoms with van der Waals surface area (Å²) in [6.07, 6.45) is 38.8. The molecule has 0 saturated heterocycles. The van der Waals surface area contributed by atoms with E-state index in [0.717, 1.165) is 38.5 Å². The summed E-state index contributed by atoms with van der Waals surface area (Å²) in [5.41, 5.74) is 5.34. The van der Waals surface area contributed by atoms with Gasteiger partial charge in [0.15, 0.2) is 6.10 Å². The SMILES string of the molecule is CCCCCCCCCCCCCCCCCCCCCC(=O)OC[C@@H](COP(=O)(O)OC[C@@H](N)C(=O)O)OC(=O)CCCCCCCCCCCCCCC. The fourth-order valence-electron chi connectivity index (χ4n) is 6.71. The summed E-state index contributed by atoms with van der Waals surface area (Å²) in [6, 6.07) is -1.52. The first-order valence-corrected chi connectivity index (χ1v) is 24.6. The number of phosphoric ester groups is 1. The van der Waals surface area contributed by atoms with Crippen LogP contribution in [0.2, 0.25) is 0 Å². The van der Waals surface area contributed by atoms with Crippen molar-refractivity contribution in [2.24, 2.45) is 5.73 Å². The molecule has 0 aliphatic rings. The minimum atomic E-state index is -4.71. The van der Waals surface area contributed by atoms with Gasteiger partial charge in [-0.05, 0) is 12.8 Å². The number of carbonyl (C=O) groups excluding carboxylic acids is 2. The second kappa shape index (κ2) is 40.3. The van der Waals surface area contributed by atoms with Crippen molar-refractivity contribution in [1.82, 2.24) is 0 Å². The fraction of sp³-hybridized carbons (Fsp3) is 0.932. The highest BCUT2D eigenvalue weighted by molar-refractivity contribution is 7.47. The molecule has 0 rings (SSSR count). The number of carboxylic acid groups (broad SMARTS) is 1.